The first kappa shape index (κ1) is 21.2. The van der Waals surface area contributed by atoms with E-state index in [2.05, 4.69) is 34.5 Å². The van der Waals surface area contributed by atoms with Crippen molar-refractivity contribution < 1.29 is 4.79 Å². The molecule has 0 radical (unpaired) electrons. The summed E-state index contributed by atoms with van der Waals surface area (Å²) in [5.41, 5.74) is 3.72. The summed E-state index contributed by atoms with van der Waals surface area (Å²) in [5, 5.41) is 4.39. The Balaban J connectivity index is 1.50. The topological polar surface area (TPSA) is 44.7 Å². The number of aliphatic imine (C=N–C) groups is 1. The van der Waals surface area contributed by atoms with Gasteiger partial charge in [0.15, 0.2) is 0 Å². The molecule has 0 bridgehead atoms. The van der Waals surface area contributed by atoms with Gasteiger partial charge >= 0.3 is 0 Å². The molecular formula is C26H23Cl2N3O. The van der Waals surface area contributed by atoms with Crippen LogP contribution >= 0.6 is 23.2 Å². The Labute approximate surface area is 197 Å². The Bertz CT molecular complexity index is 1170. The van der Waals surface area contributed by atoms with E-state index in [-0.39, 0.29) is 5.91 Å². The third kappa shape index (κ3) is 4.18. The van der Waals surface area contributed by atoms with Gasteiger partial charge in [-0.1, -0.05) is 65.7 Å². The number of nitrogens with zero attached hydrogens (tertiary/aromatic N) is 2. The smallest absolute Gasteiger partial charge is 0.252 e. The average molecular weight is 464 g/mol. The van der Waals surface area contributed by atoms with Crippen LogP contribution in [0.2, 0.25) is 10.0 Å². The van der Waals surface area contributed by atoms with Gasteiger partial charge in [-0.3, -0.25) is 14.7 Å². The second kappa shape index (κ2) is 8.70. The molecule has 0 aliphatic carbocycles. The van der Waals surface area contributed by atoms with E-state index < -0.39 is 5.54 Å². The number of piperidine rings is 1. The first-order chi connectivity index (χ1) is 15.5. The number of benzene rings is 3. The lowest BCUT2D eigenvalue weighted by molar-refractivity contribution is -0.122. The van der Waals surface area contributed by atoms with Crippen molar-refractivity contribution in [2.75, 3.05) is 18.4 Å². The van der Waals surface area contributed by atoms with Gasteiger partial charge in [0, 0.05) is 40.8 Å². The Morgan fingerprint density at radius 1 is 0.906 bits per heavy atom. The number of hydrogen-bond acceptors (Lipinski definition) is 3. The molecule has 162 valence electrons. The van der Waals surface area contributed by atoms with Gasteiger partial charge in [0.2, 0.25) is 0 Å². The summed E-state index contributed by atoms with van der Waals surface area (Å²) in [5.74, 6) is -0.0515. The van der Waals surface area contributed by atoms with Gasteiger partial charge in [-0.25, -0.2) is 0 Å². The fourth-order valence-corrected chi connectivity index (χ4v) is 4.77. The highest BCUT2D eigenvalue weighted by molar-refractivity contribution is 6.32. The van der Waals surface area contributed by atoms with E-state index in [4.69, 9.17) is 28.2 Å². The van der Waals surface area contributed by atoms with Crippen LogP contribution in [0, 0.1) is 0 Å². The summed E-state index contributed by atoms with van der Waals surface area (Å²) >= 11 is 12.4. The van der Waals surface area contributed by atoms with Crippen molar-refractivity contribution in [3.05, 3.63) is 99.5 Å². The zero-order valence-corrected chi connectivity index (χ0v) is 19.0. The van der Waals surface area contributed by atoms with Gasteiger partial charge in [0.1, 0.15) is 5.54 Å². The van der Waals surface area contributed by atoms with Gasteiger partial charge in [-0.05, 0) is 48.7 Å². The number of rotatable bonds is 3. The number of nitrogens with one attached hydrogen (secondary N) is 1. The molecule has 0 aromatic heterocycles. The summed E-state index contributed by atoms with van der Waals surface area (Å²) in [6.45, 7) is 2.48. The number of halogens is 2. The largest absolute Gasteiger partial charge is 0.323 e. The molecule has 5 rings (SSSR count). The fraction of sp³-hybridized carbons (Fsp3) is 0.231. The third-order valence-electron chi connectivity index (χ3n) is 6.28. The molecule has 1 N–H and O–H groups in total. The number of likely N-dealkylation sites (tertiary alicyclic amines) is 1. The Hall–Kier alpha value is -2.66. The summed E-state index contributed by atoms with van der Waals surface area (Å²) in [7, 11) is 0. The lowest BCUT2D eigenvalue weighted by Crippen LogP contribution is -2.50. The summed E-state index contributed by atoms with van der Waals surface area (Å²) in [6.07, 6.45) is 1.31. The summed E-state index contributed by atoms with van der Waals surface area (Å²) in [6, 6.07) is 23.5. The lowest BCUT2D eigenvalue weighted by atomic mass is 9.86. The van der Waals surface area contributed by atoms with E-state index in [0.29, 0.717) is 22.9 Å². The second-order valence-electron chi connectivity index (χ2n) is 8.40. The number of fused-ring (bicyclic) bond motifs is 1. The van der Waals surface area contributed by atoms with Gasteiger partial charge in [0.05, 0.1) is 11.4 Å². The van der Waals surface area contributed by atoms with Crippen molar-refractivity contribution in [2.45, 2.75) is 24.9 Å². The van der Waals surface area contributed by atoms with Crippen molar-refractivity contribution in [1.82, 2.24) is 4.90 Å². The minimum Gasteiger partial charge on any atom is -0.323 e. The van der Waals surface area contributed by atoms with Crippen LogP contribution in [0.4, 0.5) is 5.69 Å². The molecule has 6 heteroatoms. The molecule has 2 aliphatic heterocycles. The number of amides is 1. The van der Waals surface area contributed by atoms with Crippen molar-refractivity contribution >= 4 is 40.5 Å². The van der Waals surface area contributed by atoms with Crippen molar-refractivity contribution in [3.8, 4) is 0 Å². The third-order valence-corrected chi connectivity index (χ3v) is 6.77. The van der Waals surface area contributed by atoms with Crippen LogP contribution in [0.15, 0.2) is 77.8 Å². The maximum Gasteiger partial charge on any atom is 0.252 e. The molecule has 0 saturated carbocycles. The molecule has 2 aliphatic rings. The number of carbonyl (C=O) groups excluding carboxylic acids is 1. The van der Waals surface area contributed by atoms with Crippen molar-refractivity contribution in [1.29, 1.82) is 0 Å². The van der Waals surface area contributed by atoms with Crippen LogP contribution in [0.5, 0.6) is 0 Å². The minimum atomic E-state index is -0.812. The lowest BCUT2D eigenvalue weighted by Gasteiger charge is -2.37. The molecule has 0 unspecified atom stereocenters. The van der Waals surface area contributed by atoms with E-state index in [1.807, 2.05) is 42.5 Å². The van der Waals surface area contributed by atoms with Crippen LogP contribution < -0.4 is 5.32 Å². The van der Waals surface area contributed by atoms with Crippen LogP contribution in [-0.2, 0) is 11.3 Å². The molecule has 32 heavy (non-hydrogen) atoms. The molecule has 3 aromatic rings. The molecule has 0 atom stereocenters. The molecule has 2 heterocycles. The van der Waals surface area contributed by atoms with Crippen molar-refractivity contribution in [3.63, 3.8) is 0 Å². The molecule has 4 nitrogen and oxygen atoms in total. The molecule has 3 aromatic carbocycles. The number of hydrogen-bond donors (Lipinski definition) is 1. The normalized spacial score (nSPS) is 17.9. The predicted octanol–water partition coefficient (Wildman–Crippen LogP) is 5.82. The molecule has 1 amide bonds. The van der Waals surface area contributed by atoms with Crippen LogP contribution in [0.1, 0.15) is 29.5 Å². The van der Waals surface area contributed by atoms with Crippen molar-refractivity contribution in [2.24, 2.45) is 4.99 Å². The quantitative estimate of drug-likeness (QED) is 0.531. The summed E-state index contributed by atoms with van der Waals surface area (Å²) < 4.78 is 0. The van der Waals surface area contributed by atoms with Crippen LogP contribution in [-0.4, -0.2) is 35.1 Å². The zero-order chi connectivity index (χ0) is 22.1. The maximum atomic E-state index is 13.4. The highest BCUT2D eigenvalue weighted by Gasteiger charge is 2.43. The van der Waals surface area contributed by atoms with Crippen LogP contribution in [0.25, 0.3) is 0 Å². The Kier molecular flexibility index (Phi) is 5.76. The molecule has 1 spiro atoms. The van der Waals surface area contributed by atoms with E-state index in [1.54, 1.807) is 6.07 Å². The monoisotopic (exact) mass is 463 g/mol. The van der Waals surface area contributed by atoms with E-state index >= 15 is 0 Å². The van der Waals surface area contributed by atoms with Gasteiger partial charge in [0.25, 0.3) is 5.91 Å². The highest BCUT2D eigenvalue weighted by Crippen LogP contribution is 2.36. The molecular weight excluding hydrogens is 441 g/mol. The average Bonchev–Trinajstić information content (AvgIpc) is 2.92. The van der Waals surface area contributed by atoms with E-state index in [9.17, 15) is 4.79 Å². The first-order valence-corrected chi connectivity index (χ1v) is 11.5. The minimum absolute atomic E-state index is 0.0515. The van der Waals surface area contributed by atoms with Gasteiger partial charge < -0.3 is 5.32 Å². The predicted molar refractivity (Wildman–Crippen MR) is 131 cm³/mol. The first-order valence-electron chi connectivity index (χ1n) is 10.8. The zero-order valence-electron chi connectivity index (χ0n) is 17.5. The van der Waals surface area contributed by atoms with Gasteiger partial charge in [-0.2, -0.15) is 0 Å². The van der Waals surface area contributed by atoms with Gasteiger partial charge in [-0.15, -0.1) is 0 Å². The van der Waals surface area contributed by atoms with E-state index in [1.165, 1.54) is 5.56 Å². The van der Waals surface area contributed by atoms with Crippen LogP contribution in [0.3, 0.4) is 0 Å². The maximum absolute atomic E-state index is 13.4. The SMILES string of the molecule is O=C1Nc2ccc(Cl)cc2C(c2ccc(Cl)cc2)=NC12CCN(Cc1ccccc1)CC2. The standard InChI is InChI=1S/C26H23Cl2N3O/c27-20-8-6-19(7-9-20)24-22-16-21(28)10-11-23(22)29-25(32)26(30-24)12-14-31(15-13-26)17-18-4-2-1-3-5-18/h1-11,16H,12-15,17H2,(H,29,32). The summed E-state index contributed by atoms with van der Waals surface area (Å²) in [4.78, 5) is 21.0. The highest BCUT2D eigenvalue weighted by atomic mass is 35.5. The fourth-order valence-electron chi connectivity index (χ4n) is 4.47. The number of anilines is 1. The Morgan fingerprint density at radius 3 is 2.31 bits per heavy atom. The number of carbonyl (C=O) groups is 1. The Morgan fingerprint density at radius 2 is 1.59 bits per heavy atom. The molecule has 1 saturated heterocycles. The molecule has 1 fully saturated rings. The second-order valence-corrected chi connectivity index (χ2v) is 9.28. The van der Waals surface area contributed by atoms with E-state index in [0.717, 1.165) is 42.2 Å².